The number of amides is 1. The Hall–Kier alpha value is -1.83. The first-order valence-corrected chi connectivity index (χ1v) is 9.43. The molecule has 0 radical (unpaired) electrons. The van der Waals surface area contributed by atoms with Crippen molar-refractivity contribution in [1.82, 2.24) is 14.9 Å². The van der Waals surface area contributed by atoms with Gasteiger partial charge in [0.2, 0.25) is 11.7 Å². The number of halogens is 3. The highest BCUT2D eigenvalue weighted by molar-refractivity contribution is 8.00. The first-order chi connectivity index (χ1) is 12.3. The lowest BCUT2D eigenvalue weighted by atomic mass is 9.99. The summed E-state index contributed by atoms with van der Waals surface area (Å²) in [5.41, 5.74) is 0.226. The third kappa shape index (κ3) is 4.11. The van der Waals surface area contributed by atoms with Crippen LogP contribution in [0, 0.1) is 5.92 Å². The molecule has 0 unspecified atom stereocenters. The number of para-hydroxylation sites is 1. The Kier molecular flexibility index (Phi) is 5.41. The molecule has 1 fully saturated rings. The van der Waals surface area contributed by atoms with Crippen LogP contribution in [0.25, 0.3) is 10.9 Å². The van der Waals surface area contributed by atoms with Gasteiger partial charge in [0.1, 0.15) is 5.03 Å². The van der Waals surface area contributed by atoms with Crippen LogP contribution >= 0.6 is 11.8 Å². The molecule has 1 aromatic heterocycles. The van der Waals surface area contributed by atoms with Gasteiger partial charge in [-0.25, -0.2) is 9.97 Å². The average Bonchev–Trinajstić information content (AvgIpc) is 2.61. The number of fused-ring (bicyclic) bond motifs is 1. The van der Waals surface area contributed by atoms with E-state index in [-0.39, 0.29) is 16.4 Å². The molecule has 1 aromatic carbocycles. The van der Waals surface area contributed by atoms with Gasteiger partial charge in [-0.15, -0.1) is 0 Å². The zero-order valence-corrected chi connectivity index (χ0v) is 15.4. The maximum Gasteiger partial charge on any atom is 0.451 e. The maximum absolute atomic E-state index is 13.1. The first-order valence-electron chi connectivity index (χ1n) is 8.55. The lowest BCUT2D eigenvalue weighted by molar-refractivity contribution is -0.145. The van der Waals surface area contributed by atoms with E-state index in [1.165, 1.54) is 6.07 Å². The monoisotopic (exact) mass is 383 g/mol. The maximum atomic E-state index is 13.1. The van der Waals surface area contributed by atoms with Crippen molar-refractivity contribution in [3.8, 4) is 0 Å². The number of hydrogen-bond acceptors (Lipinski definition) is 4. The van der Waals surface area contributed by atoms with E-state index in [1.807, 2.05) is 0 Å². The van der Waals surface area contributed by atoms with E-state index in [0.717, 1.165) is 24.6 Å². The quantitative estimate of drug-likeness (QED) is 0.583. The number of rotatable bonds is 3. The molecule has 1 aliphatic heterocycles. The summed E-state index contributed by atoms with van der Waals surface area (Å²) in [7, 11) is 0. The second kappa shape index (κ2) is 7.42. The Morgan fingerprint density at radius 3 is 2.54 bits per heavy atom. The molecule has 8 heteroatoms. The normalized spacial score (nSPS) is 17.5. The number of piperidine rings is 1. The molecule has 0 aliphatic carbocycles. The van der Waals surface area contributed by atoms with Crippen LogP contribution in [-0.4, -0.2) is 39.1 Å². The fraction of sp³-hybridized carbons (Fsp3) is 0.500. The van der Waals surface area contributed by atoms with Crippen molar-refractivity contribution in [2.45, 2.75) is 43.1 Å². The molecule has 1 amide bonds. The molecule has 140 valence electrons. The van der Waals surface area contributed by atoms with Crippen molar-refractivity contribution in [3.05, 3.63) is 30.1 Å². The molecule has 2 aromatic rings. The second-order valence-electron chi connectivity index (χ2n) is 6.64. The summed E-state index contributed by atoms with van der Waals surface area (Å²) in [4.78, 5) is 21.8. The van der Waals surface area contributed by atoms with E-state index < -0.39 is 17.3 Å². The van der Waals surface area contributed by atoms with E-state index in [4.69, 9.17) is 0 Å². The smallest absolute Gasteiger partial charge is 0.342 e. The van der Waals surface area contributed by atoms with Gasteiger partial charge in [-0.05, 0) is 31.7 Å². The number of alkyl halides is 3. The van der Waals surface area contributed by atoms with E-state index >= 15 is 0 Å². The summed E-state index contributed by atoms with van der Waals surface area (Å²) in [6.45, 7) is 5.27. The fourth-order valence-electron chi connectivity index (χ4n) is 2.97. The van der Waals surface area contributed by atoms with E-state index in [1.54, 1.807) is 30.0 Å². The lowest BCUT2D eigenvalue weighted by Gasteiger charge is -2.32. The molecule has 0 spiro atoms. The number of thioether (sulfide) groups is 1. The van der Waals surface area contributed by atoms with Crippen LogP contribution in [0.5, 0.6) is 0 Å². The van der Waals surface area contributed by atoms with Crippen LogP contribution in [0.2, 0.25) is 0 Å². The molecule has 0 N–H and O–H groups in total. The van der Waals surface area contributed by atoms with E-state index in [9.17, 15) is 18.0 Å². The minimum Gasteiger partial charge on any atom is -0.342 e. The lowest BCUT2D eigenvalue weighted by Crippen LogP contribution is -2.41. The van der Waals surface area contributed by atoms with Crippen LogP contribution in [-0.2, 0) is 11.0 Å². The number of likely N-dealkylation sites (tertiary alicyclic amines) is 1. The van der Waals surface area contributed by atoms with Crippen LogP contribution in [0.1, 0.15) is 32.5 Å². The van der Waals surface area contributed by atoms with Crippen molar-refractivity contribution in [1.29, 1.82) is 0 Å². The standard InChI is InChI=1S/C18H20F3N3OS/c1-11-7-9-24(10-8-11)16(25)12(2)26-15-13-5-3-4-6-14(13)22-17(23-15)18(19,20)21/h3-6,11-12H,7-10H2,1-2H3/t12-/m0/s1. The van der Waals surface area contributed by atoms with Crippen molar-refractivity contribution in [2.24, 2.45) is 5.92 Å². The van der Waals surface area contributed by atoms with Crippen molar-refractivity contribution in [2.75, 3.05) is 13.1 Å². The summed E-state index contributed by atoms with van der Waals surface area (Å²) in [6.07, 6.45) is -2.72. The predicted octanol–water partition coefficient (Wildman–Crippen LogP) is 4.39. The topological polar surface area (TPSA) is 46.1 Å². The highest BCUT2D eigenvalue weighted by Crippen LogP contribution is 2.34. The Morgan fingerprint density at radius 1 is 1.23 bits per heavy atom. The molecular weight excluding hydrogens is 363 g/mol. The summed E-state index contributed by atoms with van der Waals surface area (Å²) >= 11 is 1.06. The van der Waals surface area contributed by atoms with Gasteiger partial charge in [0.05, 0.1) is 10.8 Å². The molecule has 2 heterocycles. The first kappa shape index (κ1) is 18.9. The summed E-state index contributed by atoms with van der Waals surface area (Å²) < 4.78 is 39.3. The third-order valence-electron chi connectivity index (χ3n) is 4.55. The second-order valence-corrected chi connectivity index (χ2v) is 7.96. The zero-order valence-electron chi connectivity index (χ0n) is 14.6. The van der Waals surface area contributed by atoms with Gasteiger partial charge >= 0.3 is 6.18 Å². The SMILES string of the molecule is CC1CCN(C(=O)[C@H](C)Sc2nc(C(F)(F)F)nc3ccccc23)CC1. The number of carbonyl (C=O) groups excluding carboxylic acids is 1. The molecular formula is C18H20F3N3OS. The van der Waals surface area contributed by atoms with Gasteiger partial charge in [0, 0.05) is 18.5 Å². The van der Waals surface area contributed by atoms with Crippen molar-refractivity contribution < 1.29 is 18.0 Å². The molecule has 0 bridgehead atoms. The number of nitrogens with zero attached hydrogens (tertiary/aromatic N) is 3. The fourth-order valence-corrected chi connectivity index (χ4v) is 3.99. The highest BCUT2D eigenvalue weighted by atomic mass is 32.2. The number of benzene rings is 1. The summed E-state index contributed by atoms with van der Waals surface area (Å²) in [5.74, 6) is -0.634. The van der Waals surface area contributed by atoms with Crippen LogP contribution in [0.4, 0.5) is 13.2 Å². The largest absolute Gasteiger partial charge is 0.451 e. The van der Waals surface area contributed by atoms with Gasteiger partial charge in [0.15, 0.2) is 0 Å². The van der Waals surface area contributed by atoms with Crippen LogP contribution < -0.4 is 0 Å². The van der Waals surface area contributed by atoms with Gasteiger partial charge in [-0.2, -0.15) is 13.2 Å². The molecule has 4 nitrogen and oxygen atoms in total. The molecule has 3 rings (SSSR count). The van der Waals surface area contributed by atoms with E-state index in [2.05, 4.69) is 16.9 Å². The Morgan fingerprint density at radius 2 is 1.88 bits per heavy atom. The molecule has 1 aliphatic rings. The van der Waals surface area contributed by atoms with Crippen LogP contribution in [0.3, 0.4) is 0 Å². The van der Waals surface area contributed by atoms with Crippen molar-refractivity contribution >= 4 is 28.6 Å². The van der Waals surface area contributed by atoms with Gasteiger partial charge in [0.25, 0.3) is 0 Å². The van der Waals surface area contributed by atoms with E-state index in [0.29, 0.717) is 24.4 Å². The third-order valence-corrected chi connectivity index (χ3v) is 5.64. The van der Waals surface area contributed by atoms with Gasteiger partial charge < -0.3 is 4.90 Å². The molecule has 26 heavy (non-hydrogen) atoms. The number of aromatic nitrogens is 2. The predicted molar refractivity (Wildman–Crippen MR) is 94.8 cm³/mol. The number of hydrogen-bond donors (Lipinski definition) is 0. The summed E-state index contributed by atoms with van der Waals surface area (Å²) in [6, 6.07) is 6.56. The minimum absolute atomic E-state index is 0.0573. The Balaban J connectivity index is 1.86. The summed E-state index contributed by atoms with van der Waals surface area (Å²) in [5, 5.41) is 0.203. The average molecular weight is 383 g/mol. The highest BCUT2D eigenvalue weighted by Gasteiger charge is 2.36. The Bertz CT molecular complexity index is 804. The minimum atomic E-state index is -4.63. The van der Waals surface area contributed by atoms with Gasteiger partial charge in [-0.1, -0.05) is 36.9 Å². The zero-order chi connectivity index (χ0) is 18.9. The van der Waals surface area contributed by atoms with Gasteiger partial charge in [-0.3, -0.25) is 4.79 Å². The van der Waals surface area contributed by atoms with Crippen molar-refractivity contribution in [3.63, 3.8) is 0 Å². The molecule has 0 saturated carbocycles. The Labute approximate surface area is 154 Å². The molecule has 1 atom stereocenters. The molecule has 1 saturated heterocycles. The van der Waals surface area contributed by atoms with Crippen LogP contribution in [0.15, 0.2) is 29.3 Å². The number of carbonyl (C=O) groups is 1.